The van der Waals surface area contributed by atoms with E-state index in [1.807, 2.05) is 42.5 Å². The molecule has 0 bridgehead atoms. The number of nitrogens with one attached hydrogen (secondary N) is 2. The molecule has 6 heteroatoms. The third-order valence-corrected chi connectivity index (χ3v) is 4.88. The smallest absolute Gasteiger partial charge is 0.310 e. The lowest BCUT2D eigenvalue weighted by Crippen LogP contribution is -2.28. The number of rotatable bonds is 7. The second-order valence-electron chi connectivity index (χ2n) is 7.36. The quantitative estimate of drug-likeness (QED) is 0.593. The predicted octanol–water partition coefficient (Wildman–Crippen LogP) is 3.46. The van der Waals surface area contributed by atoms with Crippen LogP contribution in [0.2, 0.25) is 0 Å². The molecule has 0 saturated heterocycles. The van der Waals surface area contributed by atoms with E-state index < -0.39 is 18.5 Å². The Labute approximate surface area is 174 Å². The average Bonchev–Trinajstić information content (AvgIpc) is 3.56. The van der Waals surface area contributed by atoms with Crippen molar-refractivity contribution in [1.29, 1.82) is 0 Å². The fourth-order valence-electron chi connectivity index (χ4n) is 3.18. The van der Waals surface area contributed by atoms with Crippen molar-refractivity contribution in [3.05, 3.63) is 77.9 Å². The van der Waals surface area contributed by atoms with Gasteiger partial charge in [0.2, 0.25) is 0 Å². The van der Waals surface area contributed by atoms with Crippen LogP contribution in [0.1, 0.15) is 28.8 Å². The lowest BCUT2D eigenvalue weighted by atomic mass is 10.1. The summed E-state index contributed by atoms with van der Waals surface area (Å²) in [5.41, 5.74) is 1.60. The predicted molar refractivity (Wildman–Crippen MR) is 114 cm³/mol. The van der Waals surface area contributed by atoms with E-state index >= 15 is 0 Å². The molecule has 2 N–H and O–H groups in total. The number of fused-ring (bicyclic) bond motifs is 1. The van der Waals surface area contributed by atoms with Gasteiger partial charge < -0.3 is 15.4 Å². The lowest BCUT2D eigenvalue weighted by Gasteiger charge is -2.11. The molecular weight excluding hydrogens is 380 g/mol. The fourth-order valence-corrected chi connectivity index (χ4v) is 3.18. The maximum Gasteiger partial charge on any atom is 0.310 e. The molecule has 1 aliphatic carbocycles. The minimum Gasteiger partial charge on any atom is -0.455 e. The summed E-state index contributed by atoms with van der Waals surface area (Å²) < 4.78 is 5.12. The number of hydrogen-bond acceptors (Lipinski definition) is 4. The van der Waals surface area contributed by atoms with Crippen molar-refractivity contribution in [3.63, 3.8) is 0 Å². The van der Waals surface area contributed by atoms with E-state index in [2.05, 4.69) is 10.6 Å². The van der Waals surface area contributed by atoms with Gasteiger partial charge in [0.05, 0.1) is 17.7 Å². The number of ether oxygens (including phenoxy) is 1. The Hall–Kier alpha value is -3.67. The van der Waals surface area contributed by atoms with Crippen LogP contribution in [0.4, 0.5) is 5.69 Å². The van der Waals surface area contributed by atoms with Gasteiger partial charge in [0.1, 0.15) is 0 Å². The van der Waals surface area contributed by atoms with Gasteiger partial charge >= 0.3 is 5.97 Å². The third kappa shape index (κ3) is 5.03. The summed E-state index contributed by atoms with van der Waals surface area (Å²) in [6.45, 7) is -0.412. The van der Waals surface area contributed by atoms with Crippen LogP contribution in [-0.2, 0) is 20.7 Å². The maximum atomic E-state index is 12.3. The zero-order chi connectivity index (χ0) is 20.9. The first-order valence-electron chi connectivity index (χ1n) is 9.91. The van der Waals surface area contributed by atoms with Gasteiger partial charge in [0.15, 0.2) is 6.61 Å². The summed E-state index contributed by atoms with van der Waals surface area (Å²) in [5, 5.41) is 7.69. The Balaban J connectivity index is 1.31. The van der Waals surface area contributed by atoms with Gasteiger partial charge in [-0.1, -0.05) is 54.6 Å². The number of para-hydroxylation sites is 1. The Kier molecular flexibility index (Phi) is 5.75. The molecule has 0 spiro atoms. The maximum absolute atomic E-state index is 12.3. The minimum absolute atomic E-state index is 0.0818. The van der Waals surface area contributed by atoms with Crippen molar-refractivity contribution in [2.75, 3.05) is 11.9 Å². The molecule has 4 rings (SSSR count). The van der Waals surface area contributed by atoms with E-state index in [0.717, 1.165) is 29.2 Å². The van der Waals surface area contributed by atoms with Crippen molar-refractivity contribution in [2.45, 2.75) is 25.3 Å². The van der Waals surface area contributed by atoms with Crippen LogP contribution in [0.5, 0.6) is 0 Å². The van der Waals surface area contributed by atoms with Gasteiger partial charge in [-0.25, -0.2) is 0 Å². The standard InChI is InChI=1S/C24H22N2O4/c27-22(26-21-8-4-3-7-20(21)24(29)25-19-11-12-19)15-30-23(28)14-16-9-10-17-5-1-2-6-18(17)13-16/h1-10,13,19H,11-12,14-15H2,(H,25,29)(H,26,27). The molecule has 1 fully saturated rings. The van der Waals surface area contributed by atoms with Gasteiger partial charge in [-0.3, -0.25) is 14.4 Å². The van der Waals surface area contributed by atoms with Gasteiger partial charge in [-0.15, -0.1) is 0 Å². The van der Waals surface area contributed by atoms with Crippen molar-refractivity contribution < 1.29 is 19.1 Å². The molecule has 1 aliphatic rings. The molecule has 1 saturated carbocycles. The Morgan fingerprint density at radius 3 is 2.43 bits per heavy atom. The van der Waals surface area contributed by atoms with E-state index in [0.29, 0.717) is 11.3 Å². The Morgan fingerprint density at radius 1 is 0.900 bits per heavy atom. The molecule has 0 unspecified atom stereocenters. The van der Waals surface area contributed by atoms with Gasteiger partial charge in [-0.2, -0.15) is 0 Å². The first kappa shape index (κ1) is 19.6. The van der Waals surface area contributed by atoms with Crippen LogP contribution in [0.15, 0.2) is 66.7 Å². The van der Waals surface area contributed by atoms with E-state index in [9.17, 15) is 14.4 Å². The monoisotopic (exact) mass is 402 g/mol. The minimum atomic E-state index is -0.492. The average molecular weight is 402 g/mol. The molecule has 2 amide bonds. The summed E-state index contributed by atoms with van der Waals surface area (Å²) in [7, 11) is 0. The Morgan fingerprint density at radius 2 is 1.63 bits per heavy atom. The highest BCUT2D eigenvalue weighted by Gasteiger charge is 2.25. The van der Waals surface area contributed by atoms with Crippen molar-refractivity contribution in [2.24, 2.45) is 0 Å². The van der Waals surface area contributed by atoms with Gasteiger partial charge in [0, 0.05) is 6.04 Å². The van der Waals surface area contributed by atoms with Crippen molar-refractivity contribution >= 4 is 34.2 Å². The van der Waals surface area contributed by atoms with Crippen LogP contribution >= 0.6 is 0 Å². The fraction of sp³-hybridized carbons (Fsp3) is 0.208. The van der Waals surface area contributed by atoms with E-state index in [1.165, 1.54) is 0 Å². The van der Waals surface area contributed by atoms with Crippen LogP contribution in [0.3, 0.4) is 0 Å². The van der Waals surface area contributed by atoms with E-state index in [1.54, 1.807) is 24.3 Å². The summed E-state index contributed by atoms with van der Waals surface area (Å²) in [4.78, 5) is 36.7. The zero-order valence-electron chi connectivity index (χ0n) is 16.4. The molecule has 0 atom stereocenters. The second kappa shape index (κ2) is 8.78. The van der Waals surface area contributed by atoms with Gasteiger partial charge in [0.25, 0.3) is 11.8 Å². The molecule has 0 heterocycles. The number of carbonyl (C=O) groups is 3. The molecule has 3 aromatic carbocycles. The third-order valence-electron chi connectivity index (χ3n) is 4.88. The van der Waals surface area contributed by atoms with Crippen LogP contribution in [-0.4, -0.2) is 30.4 Å². The number of esters is 1. The summed E-state index contributed by atoms with van der Waals surface area (Å²) >= 11 is 0. The Bertz CT molecular complexity index is 1110. The summed E-state index contributed by atoms with van der Waals surface area (Å²) in [5.74, 6) is -1.20. The molecule has 0 aromatic heterocycles. The number of carbonyl (C=O) groups excluding carboxylic acids is 3. The molecule has 30 heavy (non-hydrogen) atoms. The van der Waals surface area contributed by atoms with E-state index in [-0.39, 0.29) is 18.4 Å². The molecule has 0 aliphatic heterocycles. The van der Waals surface area contributed by atoms with Gasteiger partial charge in [-0.05, 0) is 41.3 Å². The lowest BCUT2D eigenvalue weighted by molar-refractivity contribution is -0.146. The number of benzene rings is 3. The molecule has 152 valence electrons. The van der Waals surface area contributed by atoms with E-state index in [4.69, 9.17) is 4.74 Å². The highest BCUT2D eigenvalue weighted by molar-refractivity contribution is 6.04. The number of hydrogen-bond donors (Lipinski definition) is 2. The molecule has 0 radical (unpaired) electrons. The second-order valence-corrected chi connectivity index (χ2v) is 7.36. The first-order valence-corrected chi connectivity index (χ1v) is 9.91. The topological polar surface area (TPSA) is 84.5 Å². The molecule has 6 nitrogen and oxygen atoms in total. The SMILES string of the molecule is O=C(COC(=O)Cc1ccc2ccccc2c1)Nc1ccccc1C(=O)NC1CC1. The van der Waals surface area contributed by atoms with Crippen molar-refractivity contribution in [1.82, 2.24) is 5.32 Å². The summed E-state index contributed by atoms with van der Waals surface area (Å²) in [6, 6.07) is 20.6. The molecule has 3 aromatic rings. The zero-order valence-corrected chi connectivity index (χ0v) is 16.4. The van der Waals surface area contributed by atoms with Crippen LogP contribution in [0.25, 0.3) is 10.8 Å². The first-order chi connectivity index (χ1) is 14.6. The largest absolute Gasteiger partial charge is 0.455 e. The highest BCUT2D eigenvalue weighted by atomic mass is 16.5. The van der Waals surface area contributed by atoms with Crippen molar-refractivity contribution in [3.8, 4) is 0 Å². The highest BCUT2D eigenvalue weighted by Crippen LogP contribution is 2.21. The molecular formula is C24H22N2O4. The van der Waals surface area contributed by atoms with Crippen LogP contribution < -0.4 is 10.6 Å². The number of anilines is 1. The summed E-state index contributed by atoms with van der Waals surface area (Å²) in [6.07, 6.45) is 2.04. The normalized spacial score (nSPS) is 12.9. The van der Waals surface area contributed by atoms with Crippen LogP contribution in [0, 0.1) is 0 Å². The number of amides is 2.